The monoisotopic (exact) mass is 280 g/mol. The topological polar surface area (TPSA) is 59.8 Å². The number of nitrogens with zero attached hydrogens (tertiary/aromatic N) is 3. The maximum Gasteiger partial charge on any atom is 0.269 e. The van der Waals surface area contributed by atoms with E-state index in [9.17, 15) is 4.79 Å². The second-order valence-electron chi connectivity index (χ2n) is 4.95. The molecule has 2 aromatic heterocycles. The Kier molecular flexibility index (Phi) is 3.39. The predicted molar refractivity (Wildman–Crippen MR) is 80.9 cm³/mol. The van der Waals surface area contributed by atoms with E-state index in [1.54, 1.807) is 30.2 Å². The van der Waals surface area contributed by atoms with Crippen molar-refractivity contribution in [1.29, 1.82) is 0 Å². The highest BCUT2D eigenvalue weighted by Crippen LogP contribution is 2.20. The van der Waals surface area contributed by atoms with Crippen LogP contribution < -0.4 is 5.32 Å². The van der Waals surface area contributed by atoms with Crippen LogP contribution in [0.5, 0.6) is 0 Å². The zero-order valence-electron chi connectivity index (χ0n) is 12.0. The average Bonchev–Trinajstić information content (AvgIpc) is 2.92. The number of hydrogen-bond donors (Lipinski definition) is 1. The lowest BCUT2D eigenvalue weighted by Crippen LogP contribution is -2.25. The number of hydrogen-bond acceptors (Lipinski definition) is 3. The van der Waals surface area contributed by atoms with Crippen LogP contribution >= 0.6 is 0 Å². The highest BCUT2D eigenvalue weighted by molar-refractivity contribution is 5.93. The third-order valence-corrected chi connectivity index (χ3v) is 3.61. The van der Waals surface area contributed by atoms with Crippen LogP contribution in [0.2, 0.25) is 0 Å². The highest BCUT2D eigenvalue weighted by Gasteiger charge is 2.11. The molecule has 5 heteroatoms. The Morgan fingerprint density at radius 2 is 2.10 bits per heavy atom. The molecule has 0 bridgehead atoms. The van der Waals surface area contributed by atoms with E-state index in [1.165, 1.54) is 0 Å². The van der Waals surface area contributed by atoms with Crippen LogP contribution in [-0.2, 0) is 13.6 Å². The van der Waals surface area contributed by atoms with Gasteiger partial charge in [0.05, 0.1) is 5.52 Å². The minimum atomic E-state index is -0.129. The number of nitrogens with one attached hydrogen (secondary N) is 1. The lowest BCUT2D eigenvalue weighted by molar-refractivity contribution is 0.0941. The number of pyridine rings is 1. The molecule has 0 aliphatic carbocycles. The third kappa shape index (κ3) is 2.50. The van der Waals surface area contributed by atoms with E-state index in [0.29, 0.717) is 12.2 Å². The van der Waals surface area contributed by atoms with Crippen molar-refractivity contribution < 1.29 is 4.79 Å². The number of carbonyl (C=O) groups is 1. The number of benzene rings is 1. The van der Waals surface area contributed by atoms with Crippen LogP contribution in [-0.4, -0.2) is 20.7 Å². The highest BCUT2D eigenvalue weighted by atomic mass is 16.2. The van der Waals surface area contributed by atoms with E-state index in [2.05, 4.69) is 15.4 Å². The summed E-state index contributed by atoms with van der Waals surface area (Å²) in [6, 6.07) is 9.67. The van der Waals surface area contributed by atoms with E-state index < -0.39 is 0 Å². The molecule has 21 heavy (non-hydrogen) atoms. The van der Waals surface area contributed by atoms with Gasteiger partial charge >= 0.3 is 0 Å². The first-order chi connectivity index (χ1) is 10.2. The summed E-state index contributed by atoms with van der Waals surface area (Å²) in [5.41, 5.74) is 3.72. The van der Waals surface area contributed by atoms with Gasteiger partial charge in [-0.2, -0.15) is 5.10 Å². The zero-order chi connectivity index (χ0) is 14.8. The van der Waals surface area contributed by atoms with Gasteiger partial charge in [-0.25, -0.2) is 0 Å². The molecule has 1 N–H and O–H groups in total. The van der Waals surface area contributed by atoms with Gasteiger partial charge in [0.15, 0.2) is 0 Å². The molecule has 1 aromatic carbocycles. The average molecular weight is 280 g/mol. The molecule has 0 fully saturated rings. The van der Waals surface area contributed by atoms with E-state index >= 15 is 0 Å². The van der Waals surface area contributed by atoms with Crippen LogP contribution in [0.1, 0.15) is 21.6 Å². The Bertz CT molecular complexity index is 807. The number of fused-ring (bicyclic) bond motifs is 1. The smallest absolute Gasteiger partial charge is 0.269 e. The molecular formula is C16H16N4O. The van der Waals surface area contributed by atoms with Crippen molar-refractivity contribution in [3.05, 3.63) is 59.5 Å². The van der Waals surface area contributed by atoms with Crippen LogP contribution in [0.25, 0.3) is 10.9 Å². The van der Waals surface area contributed by atoms with Gasteiger partial charge in [0.2, 0.25) is 0 Å². The molecule has 0 saturated heterocycles. The number of amides is 1. The molecule has 106 valence electrons. The Morgan fingerprint density at radius 1 is 1.24 bits per heavy atom. The fraction of sp³-hybridized carbons (Fsp3) is 0.188. The Morgan fingerprint density at radius 3 is 2.86 bits per heavy atom. The maximum atomic E-state index is 12.2. The zero-order valence-corrected chi connectivity index (χ0v) is 12.0. The first-order valence-electron chi connectivity index (χ1n) is 6.76. The van der Waals surface area contributed by atoms with Crippen LogP contribution in [0, 0.1) is 6.92 Å². The van der Waals surface area contributed by atoms with Gasteiger partial charge in [-0.1, -0.05) is 12.1 Å². The van der Waals surface area contributed by atoms with Crippen molar-refractivity contribution in [2.75, 3.05) is 0 Å². The molecule has 0 spiro atoms. The summed E-state index contributed by atoms with van der Waals surface area (Å²) in [6.07, 6.45) is 3.39. The fourth-order valence-electron chi connectivity index (χ4n) is 2.41. The van der Waals surface area contributed by atoms with Crippen molar-refractivity contribution in [3.63, 3.8) is 0 Å². The SMILES string of the molecule is Cc1ccc2ncccc2c1CNC(=O)c1ccnn1C. The molecule has 2 heterocycles. The molecule has 1 amide bonds. The largest absolute Gasteiger partial charge is 0.347 e. The molecule has 3 aromatic rings. The third-order valence-electron chi connectivity index (χ3n) is 3.61. The van der Waals surface area contributed by atoms with Crippen LogP contribution in [0.3, 0.4) is 0 Å². The minimum absolute atomic E-state index is 0.129. The lowest BCUT2D eigenvalue weighted by atomic mass is 10.0. The van der Waals surface area contributed by atoms with Gasteiger partial charge in [0, 0.05) is 31.4 Å². The summed E-state index contributed by atoms with van der Waals surface area (Å²) in [5, 5.41) is 8.03. The van der Waals surface area contributed by atoms with Gasteiger partial charge in [-0.3, -0.25) is 14.5 Å². The van der Waals surface area contributed by atoms with Crippen molar-refractivity contribution in [3.8, 4) is 0 Å². The Hall–Kier alpha value is -2.69. The fourth-order valence-corrected chi connectivity index (χ4v) is 2.41. The van der Waals surface area contributed by atoms with Crippen molar-refractivity contribution in [2.24, 2.45) is 7.05 Å². The number of aromatic nitrogens is 3. The van der Waals surface area contributed by atoms with Gasteiger partial charge in [-0.05, 0) is 36.2 Å². The summed E-state index contributed by atoms with van der Waals surface area (Å²) >= 11 is 0. The predicted octanol–water partition coefficient (Wildman–Crippen LogP) is 2.21. The first-order valence-corrected chi connectivity index (χ1v) is 6.76. The van der Waals surface area contributed by atoms with Gasteiger partial charge < -0.3 is 5.32 Å². The quantitative estimate of drug-likeness (QED) is 0.800. The summed E-state index contributed by atoms with van der Waals surface area (Å²) in [7, 11) is 1.75. The standard InChI is InChI=1S/C16H16N4O/c1-11-5-6-14-12(4-3-8-17-14)13(11)10-18-16(21)15-7-9-19-20(15)2/h3-9H,10H2,1-2H3,(H,18,21). The summed E-state index contributed by atoms with van der Waals surface area (Å²) < 4.78 is 1.56. The summed E-state index contributed by atoms with van der Waals surface area (Å²) in [4.78, 5) is 16.5. The Balaban J connectivity index is 1.87. The lowest BCUT2D eigenvalue weighted by Gasteiger charge is -2.11. The number of aryl methyl sites for hydroxylation is 2. The molecule has 0 atom stereocenters. The van der Waals surface area contributed by atoms with E-state index in [1.807, 2.05) is 31.2 Å². The second kappa shape index (κ2) is 5.36. The molecule has 0 aliphatic rings. The molecule has 0 unspecified atom stereocenters. The molecule has 3 rings (SSSR count). The maximum absolute atomic E-state index is 12.2. The van der Waals surface area contributed by atoms with Gasteiger partial charge in [0.1, 0.15) is 5.69 Å². The van der Waals surface area contributed by atoms with Gasteiger partial charge in [-0.15, -0.1) is 0 Å². The summed E-state index contributed by atoms with van der Waals surface area (Å²) in [6.45, 7) is 2.51. The number of carbonyl (C=O) groups excluding carboxylic acids is 1. The van der Waals surface area contributed by atoms with Gasteiger partial charge in [0.25, 0.3) is 5.91 Å². The van der Waals surface area contributed by atoms with Crippen LogP contribution in [0.4, 0.5) is 0 Å². The number of rotatable bonds is 3. The van der Waals surface area contributed by atoms with Crippen molar-refractivity contribution in [1.82, 2.24) is 20.1 Å². The molecule has 0 radical (unpaired) electrons. The minimum Gasteiger partial charge on any atom is -0.347 e. The van der Waals surface area contributed by atoms with Crippen molar-refractivity contribution >= 4 is 16.8 Å². The van der Waals surface area contributed by atoms with E-state index in [0.717, 1.165) is 22.0 Å². The molecule has 0 aliphatic heterocycles. The first kappa shape index (κ1) is 13.3. The normalized spacial score (nSPS) is 10.8. The molecule has 5 nitrogen and oxygen atoms in total. The molecular weight excluding hydrogens is 264 g/mol. The van der Waals surface area contributed by atoms with Crippen molar-refractivity contribution in [2.45, 2.75) is 13.5 Å². The van der Waals surface area contributed by atoms with E-state index in [-0.39, 0.29) is 5.91 Å². The van der Waals surface area contributed by atoms with E-state index in [4.69, 9.17) is 0 Å². The van der Waals surface area contributed by atoms with Crippen LogP contribution in [0.15, 0.2) is 42.7 Å². The Labute approximate surface area is 122 Å². The molecule has 0 saturated carbocycles. The second-order valence-corrected chi connectivity index (χ2v) is 4.95. The summed E-state index contributed by atoms with van der Waals surface area (Å²) in [5.74, 6) is -0.129.